The Morgan fingerprint density at radius 2 is 2.00 bits per heavy atom. The highest BCUT2D eigenvalue weighted by atomic mass is 15.3. The van der Waals surface area contributed by atoms with Gasteiger partial charge in [-0.3, -0.25) is 15.6 Å². The van der Waals surface area contributed by atoms with Crippen molar-refractivity contribution in [1.82, 2.24) is 10.6 Å². The summed E-state index contributed by atoms with van der Waals surface area (Å²) >= 11 is 0. The molecule has 0 amide bonds. The van der Waals surface area contributed by atoms with Crippen LogP contribution in [-0.2, 0) is 0 Å². The number of nitrogens with one attached hydrogen (secondary N) is 2. The molecule has 1 fully saturated rings. The van der Waals surface area contributed by atoms with Gasteiger partial charge in [-0.25, -0.2) is 0 Å². The Morgan fingerprint density at radius 3 is 2.87 bits per heavy atom. The third kappa shape index (κ3) is 1.90. The number of allylic oxidation sites excluding steroid dienone is 4. The van der Waals surface area contributed by atoms with Crippen LogP contribution in [0.1, 0.15) is 25.7 Å². The Hall–Kier alpha value is -0.930. The van der Waals surface area contributed by atoms with Crippen molar-refractivity contribution >= 4 is 5.71 Å². The standard InChI is InChI=1S/C12H17N3/c1-2-9-4-5-11(8-10(9)3-1)15-12-13-6-7-14-12/h4-5,12-14H,1-3,6-8H2. The molecule has 0 bridgehead atoms. The monoisotopic (exact) mass is 203 g/mol. The van der Waals surface area contributed by atoms with Gasteiger partial charge in [0.05, 0.1) is 0 Å². The topological polar surface area (TPSA) is 36.4 Å². The normalized spacial score (nSPS) is 29.2. The molecule has 15 heavy (non-hydrogen) atoms. The highest BCUT2D eigenvalue weighted by Crippen LogP contribution is 2.32. The quantitative estimate of drug-likeness (QED) is 0.675. The molecule has 0 atom stereocenters. The molecule has 2 aliphatic carbocycles. The van der Waals surface area contributed by atoms with Crippen molar-refractivity contribution < 1.29 is 0 Å². The fourth-order valence-electron chi connectivity index (χ4n) is 2.54. The van der Waals surface area contributed by atoms with E-state index in [1.807, 2.05) is 0 Å². The SMILES string of the molecule is C1=CC2=C(CCC2)CC1=NC1NCCN1. The van der Waals surface area contributed by atoms with Crippen molar-refractivity contribution in [3.63, 3.8) is 0 Å². The van der Waals surface area contributed by atoms with Crippen LogP contribution >= 0.6 is 0 Å². The summed E-state index contributed by atoms with van der Waals surface area (Å²) in [7, 11) is 0. The fourth-order valence-corrected chi connectivity index (χ4v) is 2.54. The van der Waals surface area contributed by atoms with Gasteiger partial charge in [0.2, 0.25) is 0 Å². The number of nitrogens with zero attached hydrogens (tertiary/aromatic N) is 1. The van der Waals surface area contributed by atoms with E-state index in [0.717, 1.165) is 19.5 Å². The van der Waals surface area contributed by atoms with Crippen LogP contribution in [0.4, 0.5) is 0 Å². The molecule has 0 aromatic heterocycles. The Labute approximate surface area is 90.4 Å². The maximum atomic E-state index is 4.67. The lowest BCUT2D eigenvalue weighted by Crippen LogP contribution is -2.29. The van der Waals surface area contributed by atoms with Crippen molar-refractivity contribution in [2.45, 2.75) is 32.0 Å². The molecule has 0 unspecified atom stereocenters. The predicted molar refractivity (Wildman–Crippen MR) is 61.9 cm³/mol. The number of rotatable bonds is 1. The summed E-state index contributed by atoms with van der Waals surface area (Å²) < 4.78 is 0. The zero-order valence-electron chi connectivity index (χ0n) is 8.92. The number of hydrogen-bond donors (Lipinski definition) is 2. The van der Waals surface area contributed by atoms with E-state index in [9.17, 15) is 0 Å². The van der Waals surface area contributed by atoms with E-state index in [1.54, 1.807) is 11.1 Å². The first kappa shape index (κ1) is 9.31. The van der Waals surface area contributed by atoms with Crippen molar-refractivity contribution in [2.75, 3.05) is 13.1 Å². The van der Waals surface area contributed by atoms with E-state index in [1.165, 1.54) is 25.0 Å². The molecule has 3 nitrogen and oxygen atoms in total. The second-order valence-corrected chi connectivity index (χ2v) is 4.42. The maximum absolute atomic E-state index is 4.67. The van der Waals surface area contributed by atoms with E-state index in [-0.39, 0.29) is 6.29 Å². The predicted octanol–water partition coefficient (Wildman–Crippen LogP) is 1.34. The average Bonchev–Trinajstić information content (AvgIpc) is 2.87. The van der Waals surface area contributed by atoms with Gasteiger partial charge in [-0.2, -0.15) is 0 Å². The van der Waals surface area contributed by atoms with Gasteiger partial charge in [0.25, 0.3) is 0 Å². The van der Waals surface area contributed by atoms with Crippen molar-refractivity contribution in [3.8, 4) is 0 Å². The molecule has 1 saturated heterocycles. The van der Waals surface area contributed by atoms with Crippen LogP contribution in [0.15, 0.2) is 28.3 Å². The van der Waals surface area contributed by atoms with Crippen molar-refractivity contribution in [3.05, 3.63) is 23.3 Å². The highest BCUT2D eigenvalue weighted by molar-refractivity contribution is 5.98. The molecular formula is C12H17N3. The third-order valence-electron chi connectivity index (χ3n) is 3.35. The van der Waals surface area contributed by atoms with Gasteiger partial charge in [-0.1, -0.05) is 11.6 Å². The lowest BCUT2D eigenvalue weighted by molar-refractivity contribution is 0.580. The van der Waals surface area contributed by atoms with Gasteiger partial charge in [-0.15, -0.1) is 0 Å². The molecule has 2 N–H and O–H groups in total. The molecule has 1 heterocycles. The summed E-state index contributed by atoms with van der Waals surface area (Å²) in [4.78, 5) is 4.67. The summed E-state index contributed by atoms with van der Waals surface area (Å²) in [6.45, 7) is 2.05. The zero-order chi connectivity index (χ0) is 10.1. The summed E-state index contributed by atoms with van der Waals surface area (Å²) in [6, 6.07) is 0. The van der Waals surface area contributed by atoms with Crippen LogP contribution in [0.2, 0.25) is 0 Å². The van der Waals surface area contributed by atoms with Crippen LogP contribution in [0.5, 0.6) is 0 Å². The van der Waals surface area contributed by atoms with Gasteiger partial charge < -0.3 is 0 Å². The average molecular weight is 203 g/mol. The molecule has 3 rings (SSSR count). The van der Waals surface area contributed by atoms with Crippen molar-refractivity contribution in [2.24, 2.45) is 4.99 Å². The first-order valence-electron chi connectivity index (χ1n) is 5.84. The highest BCUT2D eigenvalue weighted by Gasteiger charge is 2.18. The molecule has 0 saturated carbocycles. The van der Waals surface area contributed by atoms with Gasteiger partial charge in [-0.05, 0) is 30.9 Å². The first-order chi connectivity index (χ1) is 7.42. The third-order valence-corrected chi connectivity index (χ3v) is 3.35. The summed E-state index contributed by atoms with van der Waals surface area (Å²) in [5, 5.41) is 6.63. The minimum Gasteiger partial charge on any atom is -0.282 e. The zero-order valence-corrected chi connectivity index (χ0v) is 8.92. The van der Waals surface area contributed by atoms with Crippen molar-refractivity contribution in [1.29, 1.82) is 0 Å². The molecule has 80 valence electrons. The Balaban J connectivity index is 1.72. The van der Waals surface area contributed by atoms with Crippen LogP contribution in [-0.4, -0.2) is 25.1 Å². The van der Waals surface area contributed by atoms with Crippen LogP contribution in [0.25, 0.3) is 0 Å². The van der Waals surface area contributed by atoms with Gasteiger partial charge >= 0.3 is 0 Å². The second kappa shape index (κ2) is 3.91. The van der Waals surface area contributed by atoms with Gasteiger partial charge in [0.15, 0.2) is 6.29 Å². The van der Waals surface area contributed by atoms with Gasteiger partial charge in [0, 0.05) is 25.2 Å². The maximum Gasteiger partial charge on any atom is 0.153 e. The number of hydrogen-bond acceptors (Lipinski definition) is 3. The largest absolute Gasteiger partial charge is 0.282 e. The Bertz CT molecular complexity index is 346. The molecule has 0 radical (unpaired) electrons. The number of aliphatic imine (C=N–C) groups is 1. The Kier molecular flexibility index (Phi) is 2.43. The van der Waals surface area contributed by atoms with Crippen LogP contribution in [0.3, 0.4) is 0 Å². The Morgan fingerprint density at radius 1 is 1.13 bits per heavy atom. The minimum absolute atomic E-state index is 0.146. The molecule has 3 aliphatic rings. The fraction of sp³-hybridized carbons (Fsp3) is 0.583. The van der Waals surface area contributed by atoms with E-state index in [0.29, 0.717) is 0 Å². The lowest BCUT2D eigenvalue weighted by atomic mass is 9.99. The molecule has 0 spiro atoms. The van der Waals surface area contributed by atoms with Crippen LogP contribution < -0.4 is 10.6 Å². The molecule has 0 aromatic rings. The van der Waals surface area contributed by atoms with E-state index >= 15 is 0 Å². The summed E-state index contributed by atoms with van der Waals surface area (Å²) in [5.41, 5.74) is 4.41. The molecule has 1 aliphatic heterocycles. The molecule has 3 heteroatoms. The first-order valence-corrected chi connectivity index (χ1v) is 5.84. The summed E-state index contributed by atoms with van der Waals surface area (Å²) in [5.74, 6) is 0. The molecule has 0 aromatic carbocycles. The van der Waals surface area contributed by atoms with Crippen LogP contribution in [0, 0.1) is 0 Å². The lowest BCUT2D eigenvalue weighted by Gasteiger charge is -2.13. The van der Waals surface area contributed by atoms with E-state index in [2.05, 4.69) is 27.8 Å². The minimum atomic E-state index is 0.146. The van der Waals surface area contributed by atoms with Gasteiger partial charge in [0.1, 0.15) is 0 Å². The molecular weight excluding hydrogens is 186 g/mol. The van der Waals surface area contributed by atoms with E-state index < -0.39 is 0 Å². The summed E-state index contributed by atoms with van der Waals surface area (Å²) in [6.07, 6.45) is 9.57. The second-order valence-electron chi connectivity index (χ2n) is 4.42. The van der Waals surface area contributed by atoms with E-state index in [4.69, 9.17) is 0 Å². The smallest absolute Gasteiger partial charge is 0.153 e.